The molecule has 0 radical (unpaired) electrons. The van der Waals surface area contributed by atoms with Gasteiger partial charge in [-0.3, -0.25) is 19.3 Å². The van der Waals surface area contributed by atoms with Gasteiger partial charge >= 0.3 is 5.97 Å². The Labute approximate surface area is 118 Å². The third kappa shape index (κ3) is 11.4. The van der Waals surface area contributed by atoms with Gasteiger partial charge in [-0.2, -0.15) is 0 Å². The molecule has 0 aromatic rings. The predicted molar refractivity (Wildman–Crippen MR) is 72.3 cm³/mol. The summed E-state index contributed by atoms with van der Waals surface area (Å²) in [6.07, 6.45) is -0.0502. The molecule has 0 aliphatic carbocycles. The molecule has 2 amide bonds. The molecule has 0 atom stereocenters. The summed E-state index contributed by atoms with van der Waals surface area (Å²) in [5.41, 5.74) is 0. The molecule has 0 aromatic heterocycles. The third-order valence-corrected chi connectivity index (χ3v) is 2.44. The highest BCUT2D eigenvalue weighted by molar-refractivity contribution is 5.78. The van der Waals surface area contributed by atoms with E-state index in [0.717, 1.165) is 0 Å². The fraction of sp³-hybridized carbons (Fsp3) is 0.750. The molecule has 20 heavy (non-hydrogen) atoms. The lowest BCUT2D eigenvalue weighted by Gasteiger charge is -2.21. The fourth-order valence-corrected chi connectivity index (χ4v) is 1.47. The monoisotopic (exact) mass is 289 g/mol. The number of methoxy groups -OCH3 is 1. The number of carboxylic acids is 1. The number of hydrogen-bond acceptors (Lipinski definition) is 5. The van der Waals surface area contributed by atoms with Crippen LogP contribution in [0.25, 0.3) is 0 Å². The van der Waals surface area contributed by atoms with Gasteiger partial charge in [0, 0.05) is 40.2 Å². The standard InChI is InChI=1S/C12H23N3O5/c1-10(16)13-4-7-15(6-3-12(18)19)9-11(17)14-5-8-20-2/h3-9H2,1-2H3,(H,13,16)(H,14,17)(H,18,19). The summed E-state index contributed by atoms with van der Waals surface area (Å²) in [6.45, 7) is 3.38. The first kappa shape index (κ1) is 18.3. The zero-order valence-electron chi connectivity index (χ0n) is 12.0. The van der Waals surface area contributed by atoms with Gasteiger partial charge < -0.3 is 20.5 Å². The lowest BCUT2D eigenvalue weighted by atomic mass is 10.3. The van der Waals surface area contributed by atoms with Gasteiger partial charge in [-0.25, -0.2) is 0 Å². The van der Waals surface area contributed by atoms with Gasteiger partial charge in [-0.05, 0) is 0 Å². The van der Waals surface area contributed by atoms with Crippen LogP contribution in [0, 0.1) is 0 Å². The number of nitrogens with zero attached hydrogens (tertiary/aromatic N) is 1. The maximum absolute atomic E-state index is 11.6. The van der Waals surface area contributed by atoms with Crippen molar-refractivity contribution in [3.63, 3.8) is 0 Å². The molecule has 0 unspecified atom stereocenters. The summed E-state index contributed by atoms with van der Waals surface area (Å²) in [6, 6.07) is 0. The van der Waals surface area contributed by atoms with E-state index >= 15 is 0 Å². The molecule has 0 aliphatic rings. The maximum Gasteiger partial charge on any atom is 0.304 e. The third-order valence-electron chi connectivity index (χ3n) is 2.44. The highest BCUT2D eigenvalue weighted by Crippen LogP contribution is 1.92. The Bertz CT molecular complexity index is 322. The molecule has 116 valence electrons. The van der Waals surface area contributed by atoms with E-state index in [-0.39, 0.29) is 31.3 Å². The first-order valence-electron chi connectivity index (χ1n) is 6.40. The molecule has 0 aliphatic heterocycles. The molecule has 3 N–H and O–H groups in total. The summed E-state index contributed by atoms with van der Waals surface area (Å²) >= 11 is 0. The van der Waals surface area contributed by atoms with Crippen LogP contribution in [0.1, 0.15) is 13.3 Å². The van der Waals surface area contributed by atoms with Gasteiger partial charge in [-0.1, -0.05) is 0 Å². The van der Waals surface area contributed by atoms with Crippen molar-refractivity contribution >= 4 is 17.8 Å². The van der Waals surface area contributed by atoms with Crippen molar-refractivity contribution in [2.75, 3.05) is 46.4 Å². The molecule has 0 saturated carbocycles. The Morgan fingerprint density at radius 3 is 2.40 bits per heavy atom. The minimum absolute atomic E-state index is 0.0502. The Morgan fingerprint density at radius 2 is 1.85 bits per heavy atom. The van der Waals surface area contributed by atoms with Crippen LogP contribution in [-0.2, 0) is 19.1 Å². The zero-order chi connectivity index (χ0) is 15.4. The molecular formula is C12H23N3O5. The van der Waals surface area contributed by atoms with E-state index in [4.69, 9.17) is 9.84 Å². The second-order valence-corrected chi connectivity index (χ2v) is 4.25. The Hall–Kier alpha value is -1.67. The molecule has 0 fully saturated rings. The van der Waals surface area contributed by atoms with Crippen molar-refractivity contribution in [1.82, 2.24) is 15.5 Å². The second-order valence-electron chi connectivity index (χ2n) is 4.25. The Kier molecular flexibility index (Phi) is 10.2. The summed E-state index contributed by atoms with van der Waals surface area (Å²) in [7, 11) is 1.54. The summed E-state index contributed by atoms with van der Waals surface area (Å²) in [5.74, 6) is -1.28. The van der Waals surface area contributed by atoms with E-state index in [1.807, 2.05) is 0 Å². The van der Waals surface area contributed by atoms with Crippen molar-refractivity contribution in [3.8, 4) is 0 Å². The van der Waals surface area contributed by atoms with Crippen LogP contribution >= 0.6 is 0 Å². The lowest BCUT2D eigenvalue weighted by Crippen LogP contribution is -2.42. The Balaban J connectivity index is 4.10. The SMILES string of the molecule is COCCNC(=O)CN(CCNC(C)=O)CCC(=O)O. The average molecular weight is 289 g/mol. The quantitative estimate of drug-likeness (QED) is 0.406. The molecule has 0 rings (SSSR count). The van der Waals surface area contributed by atoms with Crippen molar-refractivity contribution in [1.29, 1.82) is 0 Å². The lowest BCUT2D eigenvalue weighted by molar-refractivity contribution is -0.137. The van der Waals surface area contributed by atoms with Gasteiger partial charge in [0.15, 0.2) is 0 Å². The summed E-state index contributed by atoms with van der Waals surface area (Å²) in [4.78, 5) is 34.7. The fourth-order valence-electron chi connectivity index (χ4n) is 1.47. The number of ether oxygens (including phenoxy) is 1. The smallest absolute Gasteiger partial charge is 0.304 e. The van der Waals surface area contributed by atoms with Crippen molar-refractivity contribution in [3.05, 3.63) is 0 Å². The van der Waals surface area contributed by atoms with Crippen molar-refractivity contribution in [2.24, 2.45) is 0 Å². The highest BCUT2D eigenvalue weighted by Gasteiger charge is 2.12. The van der Waals surface area contributed by atoms with E-state index in [0.29, 0.717) is 26.2 Å². The molecule has 0 spiro atoms. The van der Waals surface area contributed by atoms with E-state index in [1.165, 1.54) is 6.92 Å². The highest BCUT2D eigenvalue weighted by atomic mass is 16.5. The van der Waals surface area contributed by atoms with Crippen LogP contribution in [0.5, 0.6) is 0 Å². The summed E-state index contributed by atoms with van der Waals surface area (Å²) < 4.78 is 4.81. The second kappa shape index (κ2) is 11.2. The molecule has 0 saturated heterocycles. The van der Waals surface area contributed by atoms with Crippen LogP contribution in [0.3, 0.4) is 0 Å². The average Bonchev–Trinajstić information content (AvgIpc) is 2.35. The molecular weight excluding hydrogens is 266 g/mol. The number of carboxylic acid groups (broad SMARTS) is 1. The first-order chi connectivity index (χ1) is 9.45. The largest absolute Gasteiger partial charge is 0.481 e. The van der Waals surface area contributed by atoms with E-state index in [2.05, 4.69) is 10.6 Å². The Morgan fingerprint density at radius 1 is 1.15 bits per heavy atom. The van der Waals surface area contributed by atoms with Crippen LogP contribution in [0.2, 0.25) is 0 Å². The number of amides is 2. The molecule has 0 heterocycles. The molecule has 8 nitrogen and oxygen atoms in total. The molecule has 8 heteroatoms. The van der Waals surface area contributed by atoms with Crippen LogP contribution in [0.15, 0.2) is 0 Å². The van der Waals surface area contributed by atoms with Gasteiger partial charge in [0.05, 0.1) is 19.6 Å². The van der Waals surface area contributed by atoms with E-state index in [1.54, 1.807) is 12.0 Å². The first-order valence-corrected chi connectivity index (χ1v) is 6.40. The normalized spacial score (nSPS) is 10.3. The van der Waals surface area contributed by atoms with Crippen molar-refractivity contribution in [2.45, 2.75) is 13.3 Å². The van der Waals surface area contributed by atoms with E-state index < -0.39 is 5.97 Å². The number of carbonyl (C=O) groups is 3. The number of nitrogens with one attached hydrogen (secondary N) is 2. The minimum Gasteiger partial charge on any atom is -0.481 e. The van der Waals surface area contributed by atoms with Gasteiger partial charge in [-0.15, -0.1) is 0 Å². The van der Waals surface area contributed by atoms with Gasteiger partial charge in [0.1, 0.15) is 0 Å². The van der Waals surface area contributed by atoms with Gasteiger partial charge in [0.2, 0.25) is 11.8 Å². The molecule has 0 bridgehead atoms. The van der Waals surface area contributed by atoms with Crippen LogP contribution < -0.4 is 10.6 Å². The van der Waals surface area contributed by atoms with Gasteiger partial charge in [0.25, 0.3) is 0 Å². The van der Waals surface area contributed by atoms with Crippen LogP contribution in [-0.4, -0.2) is 74.2 Å². The topological polar surface area (TPSA) is 108 Å². The summed E-state index contributed by atoms with van der Waals surface area (Å²) in [5, 5.41) is 13.9. The number of carbonyl (C=O) groups excluding carboxylic acids is 2. The zero-order valence-corrected chi connectivity index (χ0v) is 12.0. The molecule has 0 aromatic carbocycles. The maximum atomic E-state index is 11.6. The van der Waals surface area contributed by atoms with Crippen LogP contribution in [0.4, 0.5) is 0 Å². The minimum atomic E-state index is -0.922. The number of aliphatic carboxylic acids is 1. The number of hydrogen-bond donors (Lipinski definition) is 3. The van der Waals surface area contributed by atoms with E-state index in [9.17, 15) is 14.4 Å². The number of rotatable bonds is 11. The van der Waals surface area contributed by atoms with Crippen molar-refractivity contribution < 1.29 is 24.2 Å². The predicted octanol–water partition coefficient (Wildman–Crippen LogP) is -1.34.